The quantitative estimate of drug-likeness (QED) is 0.709. The molecule has 3 rings (SSSR count). The van der Waals surface area contributed by atoms with Crippen LogP contribution in [0.4, 0.5) is 0 Å². The van der Waals surface area contributed by atoms with Crippen molar-refractivity contribution in [3.8, 4) is 11.5 Å². The molecule has 0 aromatic heterocycles. The molecule has 2 aromatic rings. The van der Waals surface area contributed by atoms with Crippen molar-refractivity contribution in [2.75, 3.05) is 7.05 Å². The van der Waals surface area contributed by atoms with Crippen LogP contribution in [0.25, 0.3) is 0 Å². The number of nitrogens with one attached hydrogen (secondary N) is 2. The second-order valence-corrected chi connectivity index (χ2v) is 11.2. The van der Waals surface area contributed by atoms with E-state index in [1.54, 1.807) is 32.0 Å². The van der Waals surface area contributed by atoms with Gasteiger partial charge in [-0.1, -0.05) is 12.1 Å². The fraction of sp³-hybridized carbons (Fsp3) is 0.368. The maximum absolute atomic E-state index is 12.1. The van der Waals surface area contributed by atoms with Gasteiger partial charge in [0.25, 0.3) is 0 Å². The Morgan fingerprint density at radius 1 is 0.964 bits per heavy atom. The maximum atomic E-state index is 12.1. The molecule has 0 saturated heterocycles. The van der Waals surface area contributed by atoms with Gasteiger partial charge < -0.3 is 4.74 Å². The number of benzene rings is 2. The highest BCUT2D eigenvalue weighted by Crippen LogP contribution is 2.30. The average molecular weight is 425 g/mol. The van der Waals surface area contributed by atoms with Gasteiger partial charge in [-0.05, 0) is 69.1 Å². The molecule has 0 amide bonds. The number of rotatable bonds is 7. The van der Waals surface area contributed by atoms with E-state index in [1.165, 1.54) is 19.2 Å². The molecule has 28 heavy (non-hydrogen) atoms. The molecule has 0 saturated carbocycles. The molecule has 0 aliphatic heterocycles. The van der Waals surface area contributed by atoms with Gasteiger partial charge in [-0.25, -0.2) is 26.3 Å². The third-order valence-corrected chi connectivity index (χ3v) is 8.00. The molecular weight excluding hydrogens is 400 g/mol. The number of hydrogen-bond donors (Lipinski definition) is 2. The fourth-order valence-electron chi connectivity index (χ4n) is 3.07. The van der Waals surface area contributed by atoms with Crippen LogP contribution in [-0.4, -0.2) is 35.2 Å². The summed E-state index contributed by atoms with van der Waals surface area (Å²) in [6.07, 6.45) is 1.23. The van der Waals surface area contributed by atoms with E-state index in [-0.39, 0.29) is 10.9 Å². The Bertz CT molecular complexity index is 1080. The number of fused-ring (bicyclic) bond motifs is 1. The summed E-state index contributed by atoms with van der Waals surface area (Å²) in [6, 6.07) is 11.7. The van der Waals surface area contributed by atoms with Gasteiger partial charge in [0.1, 0.15) is 11.5 Å². The standard InChI is InChI=1S/C19H24N2O5S2/c1-13(2)27(22,23)21-16-9-14-7-8-18(11-15(14)10-16)26-17-5-4-6-19(12-17)28(24,25)20-3/h4-8,11-13,16,20-21H,9-10H2,1-3H3/t16-/m0/s1. The van der Waals surface area contributed by atoms with Crippen molar-refractivity contribution in [1.82, 2.24) is 9.44 Å². The van der Waals surface area contributed by atoms with E-state index < -0.39 is 25.3 Å². The lowest BCUT2D eigenvalue weighted by atomic mass is 10.1. The average Bonchev–Trinajstić information content (AvgIpc) is 3.02. The molecule has 2 N–H and O–H groups in total. The van der Waals surface area contributed by atoms with Gasteiger partial charge in [0.05, 0.1) is 10.1 Å². The molecule has 0 radical (unpaired) electrons. The Morgan fingerprint density at radius 3 is 2.32 bits per heavy atom. The summed E-state index contributed by atoms with van der Waals surface area (Å²) in [5.41, 5.74) is 2.10. The molecule has 1 aliphatic carbocycles. The number of hydrogen-bond acceptors (Lipinski definition) is 5. The summed E-state index contributed by atoms with van der Waals surface area (Å²) in [5, 5.41) is -0.476. The van der Waals surface area contributed by atoms with Crippen LogP contribution in [0.5, 0.6) is 11.5 Å². The first-order valence-corrected chi connectivity index (χ1v) is 12.0. The van der Waals surface area contributed by atoms with E-state index in [4.69, 9.17) is 4.74 Å². The molecular formula is C19H24N2O5S2. The molecule has 0 spiro atoms. The highest BCUT2D eigenvalue weighted by molar-refractivity contribution is 7.90. The summed E-state index contributed by atoms with van der Waals surface area (Å²) in [4.78, 5) is 0.122. The molecule has 1 atom stereocenters. The lowest BCUT2D eigenvalue weighted by molar-refractivity contribution is 0.480. The normalized spacial score (nSPS) is 16.9. The van der Waals surface area contributed by atoms with E-state index in [2.05, 4.69) is 9.44 Å². The van der Waals surface area contributed by atoms with Crippen LogP contribution in [0.3, 0.4) is 0 Å². The molecule has 7 nitrogen and oxygen atoms in total. The summed E-state index contributed by atoms with van der Waals surface area (Å²) in [7, 11) is -5.52. The molecule has 0 heterocycles. The van der Waals surface area contributed by atoms with Gasteiger partial charge in [-0.3, -0.25) is 0 Å². The van der Waals surface area contributed by atoms with Crippen molar-refractivity contribution in [2.45, 2.75) is 42.9 Å². The van der Waals surface area contributed by atoms with Gasteiger partial charge >= 0.3 is 0 Å². The minimum absolute atomic E-state index is 0.122. The zero-order valence-electron chi connectivity index (χ0n) is 16.0. The largest absolute Gasteiger partial charge is 0.457 e. The first-order valence-electron chi connectivity index (χ1n) is 8.95. The van der Waals surface area contributed by atoms with E-state index in [0.717, 1.165) is 11.1 Å². The van der Waals surface area contributed by atoms with Gasteiger partial charge in [0.15, 0.2) is 0 Å². The van der Waals surface area contributed by atoms with Gasteiger partial charge in [0, 0.05) is 12.1 Å². The summed E-state index contributed by atoms with van der Waals surface area (Å²) in [5.74, 6) is 0.983. The fourth-order valence-corrected chi connectivity index (χ4v) is 4.74. The minimum Gasteiger partial charge on any atom is -0.457 e. The minimum atomic E-state index is -3.55. The van der Waals surface area contributed by atoms with Crippen LogP contribution < -0.4 is 14.2 Å². The zero-order chi connectivity index (χ0) is 20.5. The predicted molar refractivity (Wildman–Crippen MR) is 108 cm³/mol. The first-order chi connectivity index (χ1) is 13.1. The zero-order valence-corrected chi connectivity index (χ0v) is 17.6. The predicted octanol–water partition coefficient (Wildman–Crippen LogP) is 2.18. The van der Waals surface area contributed by atoms with Crippen LogP contribution >= 0.6 is 0 Å². The molecule has 152 valence electrons. The van der Waals surface area contributed by atoms with Crippen molar-refractivity contribution in [3.05, 3.63) is 53.6 Å². The lowest BCUT2D eigenvalue weighted by Gasteiger charge is -2.14. The third-order valence-electron chi connectivity index (χ3n) is 4.68. The monoisotopic (exact) mass is 424 g/mol. The lowest BCUT2D eigenvalue weighted by Crippen LogP contribution is -2.39. The highest BCUT2D eigenvalue weighted by Gasteiger charge is 2.27. The summed E-state index contributed by atoms with van der Waals surface area (Å²) < 4.78 is 58.9. The van der Waals surface area contributed by atoms with Crippen LogP contribution in [0.1, 0.15) is 25.0 Å². The van der Waals surface area contributed by atoms with Gasteiger partial charge in [-0.2, -0.15) is 0 Å². The molecule has 0 unspecified atom stereocenters. The van der Waals surface area contributed by atoms with Crippen LogP contribution in [0.2, 0.25) is 0 Å². The van der Waals surface area contributed by atoms with Crippen molar-refractivity contribution in [1.29, 1.82) is 0 Å². The smallest absolute Gasteiger partial charge is 0.240 e. The molecule has 0 bridgehead atoms. The molecule has 9 heteroatoms. The molecule has 2 aromatic carbocycles. The van der Waals surface area contributed by atoms with Gasteiger partial charge in [0.2, 0.25) is 20.0 Å². The second kappa shape index (κ2) is 7.82. The van der Waals surface area contributed by atoms with E-state index >= 15 is 0 Å². The Hall–Kier alpha value is -1.94. The van der Waals surface area contributed by atoms with E-state index in [1.807, 2.05) is 12.1 Å². The second-order valence-electron chi connectivity index (χ2n) is 7.03. The highest BCUT2D eigenvalue weighted by atomic mass is 32.2. The van der Waals surface area contributed by atoms with Crippen LogP contribution in [0, 0.1) is 0 Å². The van der Waals surface area contributed by atoms with Crippen molar-refractivity contribution >= 4 is 20.0 Å². The van der Waals surface area contributed by atoms with Crippen molar-refractivity contribution in [2.24, 2.45) is 0 Å². The van der Waals surface area contributed by atoms with Gasteiger partial charge in [-0.15, -0.1) is 0 Å². The Kier molecular flexibility index (Phi) is 5.81. The summed E-state index contributed by atoms with van der Waals surface area (Å²) >= 11 is 0. The third kappa shape index (κ3) is 4.54. The van der Waals surface area contributed by atoms with Crippen molar-refractivity contribution < 1.29 is 21.6 Å². The molecule has 1 aliphatic rings. The Morgan fingerprint density at radius 2 is 1.64 bits per heavy atom. The first kappa shape index (κ1) is 20.8. The Labute approximate surface area is 166 Å². The van der Waals surface area contributed by atoms with E-state index in [0.29, 0.717) is 24.3 Å². The van der Waals surface area contributed by atoms with Crippen LogP contribution in [-0.2, 0) is 32.9 Å². The van der Waals surface area contributed by atoms with Crippen molar-refractivity contribution in [3.63, 3.8) is 0 Å². The van der Waals surface area contributed by atoms with E-state index in [9.17, 15) is 16.8 Å². The number of sulfonamides is 2. The maximum Gasteiger partial charge on any atom is 0.240 e. The van der Waals surface area contributed by atoms with Crippen LogP contribution in [0.15, 0.2) is 47.4 Å². The topological polar surface area (TPSA) is 102 Å². The number of ether oxygens (including phenoxy) is 1. The molecule has 0 fully saturated rings. The SMILES string of the molecule is CNS(=O)(=O)c1cccc(Oc2ccc3c(c2)C[C@@H](NS(=O)(=O)C(C)C)C3)c1. The summed E-state index contributed by atoms with van der Waals surface area (Å²) in [6.45, 7) is 3.30. The Balaban J connectivity index is 1.75.